The van der Waals surface area contributed by atoms with Gasteiger partial charge in [0.1, 0.15) is 0 Å². The quantitative estimate of drug-likeness (QED) is 0.824. The molecule has 1 N–H and O–H groups in total. The molecule has 128 valence electrons. The fourth-order valence-electron chi connectivity index (χ4n) is 3.45. The van der Waals surface area contributed by atoms with Gasteiger partial charge in [0, 0.05) is 18.4 Å². The van der Waals surface area contributed by atoms with E-state index in [1.807, 2.05) is 43.3 Å². The molecule has 0 spiro atoms. The summed E-state index contributed by atoms with van der Waals surface area (Å²) >= 11 is 0. The van der Waals surface area contributed by atoms with Crippen LogP contribution in [0.5, 0.6) is 0 Å². The van der Waals surface area contributed by atoms with Gasteiger partial charge in [-0.25, -0.2) is 8.57 Å². The van der Waals surface area contributed by atoms with Gasteiger partial charge in [0.15, 0.2) is 0 Å². The van der Waals surface area contributed by atoms with Crippen LogP contribution < -0.4 is 0 Å². The van der Waals surface area contributed by atoms with Crippen LogP contribution in [-0.4, -0.2) is 22.5 Å². The van der Waals surface area contributed by atoms with Gasteiger partial charge in [-0.2, -0.15) is 0 Å². The Labute approximate surface area is 141 Å². The minimum atomic E-state index is -2.55. The maximum Gasteiger partial charge on any atom is 0.0963 e. The molecule has 23 heavy (non-hydrogen) atoms. The number of nitrogens with zero attached hydrogens (tertiary/aromatic N) is 1. The molecule has 0 aliphatic heterocycles. The highest BCUT2D eigenvalue weighted by atomic mass is 32.2. The number of rotatable bonds is 6. The summed E-state index contributed by atoms with van der Waals surface area (Å²) in [5, 5.41) is 12.2. The first-order valence-corrected chi connectivity index (χ1v) is 10.2. The first-order chi connectivity index (χ1) is 11.1. The number of hydrogen-bond donors (Lipinski definition) is 1. The third-order valence-electron chi connectivity index (χ3n) is 4.89. The molecule has 2 rings (SSSR count). The molecular weight excluding hydrogens is 306 g/mol. The van der Waals surface area contributed by atoms with Gasteiger partial charge in [0.25, 0.3) is 0 Å². The molecule has 1 saturated carbocycles. The largest absolute Gasteiger partial charge is 0.393 e. The summed E-state index contributed by atoms with van der Waals surface area (Å²) in [7, 11) is -0.945. The number of aliphatic hydroxyl groups excluding tert-OH is 1. The maximum absolute atomic E-state index is 13.1. The van der Waals surface area contributed by atoms with E-state index in [0.29, 0.717) is 5.92 Å². The monoisotopic (exact) mass is 335 g/mol. The molecule has 1 aromatic carbocycles. The standard InChI is InChI=1S/C19H29NO2S/c1-3-19(21)18(16-10-6-4-7-11-16)14-15-23(22,20-2)17-12-8-5-9-13-17/h5,8-9,12-16,18-19,21H,3-4,6-7,10-11H2,1-2H3/b15-14-/t18-,19-,23?/m0/s1. The smallest absolute Gasteiger partial charge is 0.0963 e. The van der Waals surface area contributed by atoms with Gasteiger partial charge in [-0.3, -0.25) is 0 Å². The van der Waals surface area contributed by atoms with Gasteiger partial charge in [0.05, 0.1) is 20.7 Å². The number of benzene rings is 1. The molecule has 0 radical (unpaired) electrons. The highest BCUT2D eigenvalue weighted by Gasteiger charge is 2.27. The van der Waals surface area contributed by atoms with Crippen molar-refractivity contribution >= 4 is 9.73 Å². The van der Waals surface area contributed by atoms with Crippen LogP contribution in [0.2, 0.25) is 0 Å². The van der Waals surface area contributed by atoms with Crippen LogP contribution in [0.3, 0.4) is 0 Å². The van der Waals surface area contributed by atoms with Crippen LogP contribution in [0.25, 0.3) is 0 Å². The van der Waals surface area contributed by atoms with Crippen LogP contribution in [0.1, 0.15) is 45.4 Å². The maximum atomic E-state index is 13.1. The van der Waals surface area contributed by atoms with E-state index in [1.165, 1.54) is 19.3 Å². The van der Waals surface area contributed by atoms with Crippen molar-refractivity contribution < 1.29 is 9.32 Å². The first kappa shape index (κ1) is 18.2. The Morgan fingerprint density at radius 3 is 2.48 bits per heavy atom. The minimum Gasteiger partial charge on any atom is -0.393 e. The van der Waals surface area contributed by atoms with Crippen LogP contribution in [0.4, 0.5) is 0 Å². The lowest BCUT2D eigenvalue weighted by molar-refractivity contribution is 0.0819. The Morgan fingerprint density at radius 2 is 1.91 bits per heavy atom. The van der Waals surface area contributed by atoms with Crippen molar-refractivity contribution in [2.24, 2.45) is 16.2 Å². The lowest BCUT2D eigenvalue weighted by Crippen LogP contribution is -2.27. The summed E-state index contributed by atoms with van der Waals surface area (Å²) in [4.78, 5) is 0.729. The summed E-state index contributed by atoms with van der Waals surface area (Å²) in [6, 6.07) is 9.38. The second-order valence-corrected chi connectivity index (χ2v) is 8.59. The van der Waals surface area contributed by atoms with Crippen molar-refractivity contribution in [2.45, 2.75) is 56.4 Å². The predicted molar refractivity (Wildman–Crippen MR) is 96.7 cm³/mol. The molecule has 3 atom stereocenters. The normalized spacial score (nSPS) is 21.7. The van der Waals surface area contributed by atoms with E-state index in [-0.39, 0.29) is 12.0 Å². The third kappa shape index (κ3) is 4.67. The molecule has 0 heterocycles. The predicted octanol–water partition coefficient (Wildman–Crippen LogP) is 4.62. The first-order valence-electron chi connectivity index (χ1n) is 8.67. The van der Waals surface area contributed by atoms with Crippen molar-refractivity contribution in [3.05, 3.63) is 41.8 Å². The highest BCUT2D eigenvalue weighted by molar-refractivity contribution is 7.96. The summed E-state index contributed by atoms with van der Waals surface area (Å²) < 4.78 is 17.3. The Bertz CT molecular complexity index is 612. The van der Waals surface area contributed by atoms with E-state index in [1.54, 1.807) is 12.5 Å². The zero-order valence-electron chi connectivity index (χ0n) is 14.2. The Hall–Kier alpha value is -1.13. The third-order valence-corrected chi connectivity index (χ3v) is 6.91. The van der Waals surface area contributed by atoms with E-state index in [9.17, 15) is 9.32 Å². The molecular formula is C19H29NO2S. The summed E-state index contributed by atoms with van der Waals surface area (Å²) in [6.45, 7) is 2.01. The second-order valence-electron chi connectivity index (χ2n) is 6.34. The van der Waals surface area contributed by atoms with E-state index < -0.39 is 9.73 Å². The summed E-state index contributed by atoms with van der Waals surface area (Å²) in [5.41, 5.74) is 0. The highest BCUT2D eigenvalue weighted by Crippen LogP contribution is 2.34. The lowest BCUT2D eigenvalue weighted by Gasteiger charge is -2.31. The molecule has 1 aromatic rings. The van der Waals surface area contributed by atoms with Gasteiger partial charge in [-0.1, -0.05) is 50.5 Å². The SMILES string of the molecule is CC[C@H](O)[C@@H](/C=C\S(=O)(=NC)c1ccccc1)C1CCCCC1. The van der Waals surface area contributed by atoms with E-state index in [0.717, 1.165) is 24.2 Å². The van der Waals surface area contributed by atoms with E-state index in [4.69, 9.17) is 0 Å². The van der Waals surface area contributed by atoms with Crippen LogP contribution in [0.15, 0.2) is 51.1 Å². The van der Waals surface area contributed by atoms with Crippen molar-refractivity contribution in [1.82, 2.24) is 0 Å². The molecule has 1 aliphatic rings. The van der Waals surface area contributed by atoms with Crippen molar-refractivity contribution in [1.29, 1.82) is 0 Å². The van der Waals surface area contributed by atoms with E-state index >= 15 is 0 Å². The van der Waals surface area contributed by atoms with Crippen LogP contribution in [-0.2, 0) is 9.73 Å². The molecule has 1 aliphatic carbocycles. The fourth-order valence-corrected chi connectivity index (χ4v) is 4.88. The fraction of sp³-hybridized carbons (Fsp3) is 0.579. The Morgan fingerprint density at radius 1 is 1.26 bits per heavy atom. The molecule has 0 aromatic heterocycles. The van der Waals surface area contributed by atoms with Crippen LogP contribution >= 0.6 is 0 Å². The van der Waals surface area contributed by atoms with Gasteiger partial charge >= 0.3 is 0 Å². The van der Waals surface area contributed by atoms with Crippen molar-refractivity contribution in [3.63, 3.8) is 0 Å². The zero-order chi connectivity index (χ0) is 16.7. The number of hydrogen-bond acceptors (Lipinski definition) is 3. The molecule has 1 fully saturated rings. The van der Waals surface area contributed by atoms with Gasteiger partial charge in [-0.05, 0) is 37.3 Å². The van der Waals surface area contributed by atoms with Crippen LogP contribution in [0, 0.1) is 11.8 Å². The zero-order valence-corrected chi connectivity index (χ0v) is 15.0. The van der Waals surface area contributed by atoms with Crippen molar-refractivity contribution in [2.75, 3.05) is 7.05 Å². The molecule has 0 bridgehead atoms. The number of aliphatic hydroxyl groups is 1. The summed E-state index contributed by atoms with van der Waals surface area (Å²) in [6.07, 6.45) is 8.40. The van der Waals surface area contributed by atoms with Gasteiger partial charge in [-0.15, -0.1) is 0 Å². The molecule has 4 heteroatoms. The van der Waals surface area contributed by atoms with Gasteiger partial charge < -0.3 is 5.11 Å². The Kier molecular flexibility index (Phi) is 6.85. The average molecular weight is 336 g/mol. The molecule has 3 nitrogen and oxygen atoms in total. The topological polar surface area (TPSA) is 49.7 Å². The Balaban J connectivity index is 2.26. The lowest BCUT2D eigenvalue weighted by atomic mass is 9.77. The molecule has 1 unspecified atom stereocenters. The minimum absolute atomic E-state index is 0.0755. The van der Waals surface area contributed by atoms with E-state index in [2.05, 4.69) is 4.36 Å². The van der Waals surface area contributed by atoms with Crippen molar-refractivity contribution in [3.8, 4) is 0 Å². The average Bonchev–Trinajstić information content (AvgIpc) is 2.63. The van der Waals surface area contributed by atoms with Gasteiger partial charge in [0.2, 0.25) is 0 Å². The summed E-state index contributed by atoms with van der Waals surface area (Å²) in [5.74, 6) is 0.567. The molecule has 0 amide bonds. The molecule has 0 saturated heterocycles. The second kappa shape index (κ2) is 8.65.